The van der Waals surface area contributed by atoms with Gasteiger partial charge >= 0.3 is 23.9 Å². The fraction of sp³-hybridized carbons (Fsp3) is 0.917. The molecular weight excluding hydrogens is 381 g/mol. The Hall–Kier alpha value is -0.710. The van der Waals surface area contributed by atoms with Gasteiger partial charge < -0.3 is 5.73 Å². The van der Waals surface area contributed by atoms with Crippen LogP contribution in [0.1, 0.15) is 33.1 Å². The van der Waals surface area contributed by atoms with Crippen LogP contribution in [0.3, 0.4) is 0 Å². The number of rotatable bonds is 8. The highest BCUT2D eigenvalue weighted by molar-refractivity contribution is 5.85. The standard InChI is InChI=1S/C12H16F9NO.ClH/c1-6(2)3-8(23)4-7(22)5-9(13,14)10(15,16)11(17,18)12(19,20)21;/h6-7H,3-5,22H2,1-2H3;1H. The van der Waals surface area contributed by atoms with Crippen molar-refractivity contribution < 1.29 is 44.3 Å². The van der Waals surface area contributed by atoms with E-state index in [0.717, 1.165) is 0 Å². The van der Waals surface area contributed by atoms with E-state index in [0.29, 0.717) is 0 Å². The van der Waals surface area contributed by atoms with Crippen LogP contribution >= 0.6 is 12.4 Å². The number of nitrogens with two attached hydrogens (primary N) is 1. The SMILES string of the molecule is CC(C)CC(=O)CC(N)CC(F)(F)C(F)(F)C(F)(F)C(F)(F)F.Cl. The Kier molecular flexibility index (Phi) is 8.63. The molecule has 0 radical (unpaired) electrons. The van der Waals surface area contributed by atoms with Crippen molar-refractivity contribution in [2.45, 2.75) is 63.1 Å². The van der Waals surface area contributed by atoms with Crippen molar-refractivity contribution in [3.63, 3.8) is 0 Å². The van der Waals surface area contributed by atoms with Crippen molar-refractivity contribution in [3.8, 4) is 0 Å². The Balaban J connectivity index is 0. The minimum Gasteiger partial charge on any atom is -0.327 e. The Labute approximate surface area is 138 Å². The molecule has 0 aliphatic carbocycles. The Morgan fingerprint density at radius 1 is 0.875 bits per heavy atom. The second kappa shape index (κ2) is 8.11. The van der Waals surface area contributed by atoms with Crippen molar-refractivity contribution in [3.05, 3.63) is 0 Å². The van der Waals surface area contributed by atoms with E-state index < -0.39 is 48.6 Å². The van der Waals surface area contributed by atoms with Gasteiger partial charge in [0.15, 0.2) is 0 Å². The molecular formula is C12H17ClF9NO. The summed E-state index contributed by atoms with van der Waals surface area (Å²) in [7, 11) is 0. The number of hydrogen-bond donors (Lipinski definition) is 1. The second-order valence-electron chi connectivity index (χ2n) is 5.66. The van der Waals surface area contributed by atoms with Crippen LogP contribution in [0.15, 0.2) is 0 Å². The van der Waals surface area contributed by atoms with E-state index in [1.54, 1.807) is 13.8 Å². The third-order valence-electron chi connectivity index (χ3n) is 2.85. The lowest BCUT2D eigenvalue weighted by Gasteiger charge is -2.34. The lowest BCUT2D eigenvalue weighted by molar-refractivity contribution is -0.397. The molecule has 0 aromatic carbocycles. The van der Waals surface area contributed by atoms with Crippen LogP contribution in [0, 0.1) is 5.92 Å². The molecule has 0 bridgehead atoms. The van der Waals surface area contributed by atoms with Crippen molar-refractivity contribution in [2.24, 2.45) is 11.7 Å². The summed E-state index contributed by atoms with van der Waals surface area (Å²) < 4.78 is 114. The van der Waals surface area contributed by atoms with E-state index in [1.165, 1.54) is 0 Å². The van der Waals surface area contributed by atoms with Gasteiger partial charge in [0, 0.05) is 25.3 Å². The van der Waals surface area contributed by atoms with Gasteiger partial charge in [-0.25, -0.2) is 0 Å². The van der Waals surface area contributed by atoms with Crippen LogP contribution in [-0.4, -0.2) is 35.8 Å². The van der Waals surface area contributed by atoms with Crippen LogP contribution in [0.2, 0.25) is 0 Å². The van der Waals surface area contributed by atoms with Crippen LogP contribution in [0.5, 0.6) is 0 Å². The maximum atomic E-state index is 13.3. The van der Waals surface area contributed by atoms with E-state index in [-0.39, 0.29) is 24.7 Å². The first-order chi connectivity index (χ1) is 9.95. The maximum absolute atomic E-state index is 13.3. The molecule has 146 valence electrons. The number of halogens is 10. The summed E-state index contributed by atoms with van der Waals surface area (Å²) >= 11 is 0. The van der Waals surface area contributed by atoms with E-state index in [2.05, 4.69) is 0 Å². The highest BCUT2D eigenvalue weighted by atomic mass is 35.5. The maximum Gasteiger partial charge on any atom is 0.460 e. The summed E-state index contributed by atoms with van der Waals surface area (Å²) in [6, 6.07) is -1.98. The molecule has 0 aromatic rings. The molecule has 24 heavy (non-hydrogen) atoms. The smallest absolute Gasteiger partial charge is 0.327 e. The number of Topliss-reactive ketones (excluding diaryl/α,β-unsaturated/α-hetero) is 1. The topological polar surface area (TPSA) is 43.1 Å². The molecule has 0 rings (SSSR count). The number of ketones is 1. The largest absolute Gasteiger partial charge is 0.460 e. The monoisotopic (exact) mass is 397 g/mol. The number of alkyl halides is 9. The fourth-order valence-electron chi connectivity index (χ4n) is 1.77. The average Bonchev–Trinajstić information content (AvgIpc) is 2.23. The van der Waals surface area contributed by atoms with Crippen LogP contribution < -0.4 is 5.73 Å². The van der Waals surface area contributed by atoms with Crippen LogP contribution in [-0.2, 0) is 4.79 Å². The molecule has 12 heteroatoms. The molecule has 0 saturated carbocycles. The van der Waals surface area contributed by atoms with E-state index >= 15 is 0 Å². The van der Waals surface area contributed by atoms with Gasteiger partial charge in [-0.15, -0.1) is 12.4 Å². The van der Waals surface area contributed by atoms with Crippen molar-refractivity contribution in [1.82, 2.24) is 0 Å². The summed E-state index contributed by atoms with van der Waals surface area (Å²) in [5.74, 6) is -20.3. The predicted molar refractivity (Wildman–Crippen MR) is 69.8 cm³/mol. The molecule has 0 aliphatic rings. The van der Waals surface area contributed by atoms with Crippen molar-refractivity contribution >= 4 is 18.2 Å². The predicted octanol–water partition coefficient (Wildman–Crippen LogP) is 4.60. The molecule has 0 aliphatic heterocycles. The molecule has 2 N–H and O–H groups in total. The molecule has 0 spiro atoms. The number of carbonyl (C=O) groups excluding carboxylic acids is 1. The normalized spacial score (nSPS) is 15.2. The number of hydrogen-bond acceptors (Lipinski definition) is 2. The first-order valence-corrected chi connectivity index (χ1v) is 6.43. The Morgan fingerprint density at radius 2 is 1.29 bits per heavy atom. The molecule has 0 heterocycles. The van der Waals surface area contributed by atoms with Gasteiger partial charge in [-0.2, -0.15) is 39.5 Å². The van der Waals surface area contributed by atoms with E-state index in [4.69, 9.17) is 5.73 Å². The summed E-state index contributed by atoms with van der Waals surface area (Å²) in [6.07, 6.45) is -10.00. The molecule has 0 saturated heterocycles. The fourth-order valence-corrected chi connectivity index (χ4v) is 1.77. The third-order valence-corrected chi connectivity index (χ3v) is 2.85. The molecule has 1 unspecified atom stereocenters. The average molecular weight is 398 g/mol. The van der Waals surface area contributed by atoms with Gasteiger partial charge in [-0.1, -0.05) is 13.8 Å². The van der Waals surface area contributed by atoms with Gasteiger partial charge in [-0.3, -0.25) is 4.79 Å². The Bertz CT molecular complexity index is 423. The van der Waals surface area contributed by atoms with Gasteiger partial charge in [-0.05, 0) is 5.92 Å². The van der Waals surface area contributed by atoms with E-state index in [1.807, 2.05) is 0 Å². The molecule has 0 amide bonds. The first-order valence-electron chi connectivity index (χ1n) is 6.43. The highest BCUT2D eigenvalue weighted by Crippen LogP contribution is 2.54. The summed E-state index contributed by atoms with van der Waals surface area (Å²) in [6.45, 7) is 3.19. The van der Waals surface area contributed by atoms with Gasteiger partial charge in [0.1, 0.15) is 5.78 Å². The lowest BCUT2D eigenvalue weighted by Crippen LogP contribution is -2.61. The van der Waals surface area contributed by atoms with Gasteiger partial charge in [0.2, 0.25) is 0 Å². The van der Waals surface area contributed by atoms with Gasteiger partial charge in [0.25, 0.3) is 0 Å². The first kappa shape index (κ1) is 25.5. The second-order valence-corrected chi connectivity index (χ2v) is 5.66. The molecule has 2 nitrogen and oxygen atoms in total. The summed E-state index contributed by atoms with van der Waals surface area (Å²) in [4.78, 5) is 11.3. The minimum atomic E-state index is -6.94. The zero-order valence-electron chi connectivity index (χ0n) is 12.6. The van der Waals surface area contributed by atoms with Crippen molar-refractivity contribution in [1.29, 1.82) is 0 Å². The lowest BCUT2D eigenvalue weighted by atomic mass is 9.94. The van der Waals surface area contributed by atoms with Crippen LogP contribution in [0.4, 0.5) is 39.5 Å². The van der Waals surface area contributed by atoms with Crippen molar-refractivity contribution in [2.75, 3.05) is 0 Å². The molecule has 1 atom stereocenters. The van der Waals surface area contributed by atoms with E-state index in [9.17, 15) is 44.3 Å². The summed E-state index contributed by atoms with van der Waals surface area (Å²) in [5, 5.41) is 0. The zero-order chi connectivity index (χ0) is 18.9. The van der Waals surface area contributed by atoms with Gasteiger partial charge in [0.05, 0.1) is 0 Å². The third kappa shape index (κ3) is 5.68. The quantitative estimate of drug-likeness (QED) is 0.608. The number of carbonyl (C=O) groups is 1. The molecule has 0 aromatic heterocycles. The Morgan fingerprint density at radius 3 is 1.62 bits per heavy atom. The van der Waals surface area contributed by atoms with Crippen LogP contribution in [0.25, 0.3) is 0 Å². The highest BCUT2D eigenvalue weighted by Gasteiger charge is 2.81. The molecule has 0 fully saturated rings. The summed E-state index contributed by atoms with van der Waals surface area (Å²) in [5.41, 5.74) is 5.03. The minimum absolute atomic E-state index is 0. The zero-order valence-corrected chi connectivity index (χ0v) is 13.4.